The maximum Gasteiger partial charge on any atom is -0.00963 e. The van der Waals surface area contributed by atoms with Gasteiger partial charge in [0.1, 0.15) is 0 Å². The van der Waals surface area contributed by atoms with E-state index in [2.05, 4.69) is 55.5 Å². The smallest absolute Gasteiger partial charge is 0.00963 e. The maximum atomic E-state index is 3.30. The fourth-order valence-corrected chi connectivity index (χ4v) is 1.47. The van der Waals surface area contributed by atoms with Gasteiger partial charge in [0.2, 0.25) is 0 Å². The van der Waals surface area contributed by atoms with Crippen molar-refractivity contribution < 1.29 is 0 Å². The predicted octanol–water partition coefficient (Wildman–Crippen LogP) is 3.72. The van der Waals surface area contributed by atoms with Crippen LogP contribution in [0.5, 0.6) is 0 Å². The molecule has 0 amide bonds. The lowest BCUT2D eigenvalue weighted by atomic mass is 10.0. The average Bonchev–Trinajstić information content (AvgIpc) is 2.30. The lowest BCUT2D eigenvalue weighted by Crippen LogP contribution is -1.81. The molecule has 0 aromatic heterocycles. The van der Waals surface area contributed by atoms with E-state index in [1.54, 1.807) is 0 Å². The number of aryl methyl sites for hydroxylation is 1. The van der Waals surface area contributed by atoms with Crippen molar-refractivity contribution in [2.45, 2.75) is 13.3 Å². The Kier molecular flexibility index (Phi) is 2.64. The van der Waals surface area contributed by atoms with Crippen LogP contribution in [0.1, 0.15) is 12.5 Å². The van der Waals surface area contributed by atoms with E-state index in [1.807, 2.05) is 6.07 Å². The fourth-order valence-electron chi connectivity index (χ4n) is 1.47. The Hall–Kier alpha value is -1.56. The highest BCUT2D eigenvalue weighted by Crippen LogP contribution is 2.18. The first kappa shape index (κ1) is 9.01. The number of hydrogen-bond donors (Lipinski definition) is 0. The van der Waals surface area contributed by atoms with Crippen LogP contribution in [0.2, 0.25) is 0 Å². The molecule has 69 valence electrons. The van der Waals surface area contributed by atoms with Gasteiger partial charge in [-0.05, 0) is 29.2 Å². The van der Waals surface area contributed by atoms with Gasteiger partial charge in [0, 0.05) is 0 Å². The summed E-state index contributed by atoms with van der Waals surface area (Å²) >= 11 is 0. The summed E-state index contributed by atoms with van der Waals surface area (Å²) < 4.78 is 0. The third kappa shape index (κ3) is 1.85. The Morgan fingerprint density at radius 1 is 1.00 bits per heavy atom. The van der Waals surface area contributed by atoms with Gasteiger partial charge in [-0.3, -0.25) is 0 Å². The standard InChI is InChI=1S/C14H13/c1-2-12-8-10-14(11-9-12)13-6-4-3-5-7-13/h3-10H,2H2,1H3. The third-order valence-electron chi connectivity index (χ3n) is 2.37. The summed E-state index contributed by atoms with van der Waals surface area (Å²) in [5.74, 6) is 0. The van der Waals surface area contributed by atoms with Crippen molar-refractivity contribution in [2.75, 3.05) is 0 Å². The molecule has 0 aliphatic rings. The molecule has 2 aromatic rings. The SMILES string of the molecule is CCc1c[c]c(-c2ccccc2)cc1. The van der Waals surface area contributed by atoms with E-state index < -0.39 is 0 Å². The van der Waals surface area contributed by atoms with Gasteiger partial charge in [-0.15, -0.1) is 0 Å². The van der Waals surface area contributed by atoms with E-state index in [0.29, 0.717) is 0 Å². The molecule has 0 saturated heterocycles. The zero-order chi connectivity index (χ0) is 9.80. The molecular weight excluding hydrogens is 168 g/mol. The molecule has 0 atom stereocenters. The third-order valence-corrected chi connectivity index (χ3v) is 2.37. The number of rotatable bonds is 2. The van der Waals surface area contributed by atoms with Crippen LogP contribution in [0.25, 0.3) is 11.1 Å². The quantitative estimate of drug-likeness (QED) is 0.662. The van der Waals surface area contributed by atoms with Crippen molar-refractivity contribution in [1.82, 2.24) is 0 Å². The molecule has 0 unspecified atom stereocenters. The summed E-state index contributed by atoms with van der Waals surface area (Å²) in [5, 5.41) is 0. The Labute approximate surface area is 85.2 Å². The van der Waals surface area contributed by atoms with Crippen molar-refractivity contribution in [3.8, 4) is 11.1 Å². The van der Waals surface area contributed by atoms with Crippen LogP contribution < -0.4 is 0 Å². The molecule has 2 aromatic carbocycles. The second-order valence-corrected chi connectivity index (χ2v) is 3.33. The summed E-state index contributed by atoms with van der Waals surface area (Å²) in [5.41, 5.74) is 3.74. The highest BCUT2D eigenvalue weighted by Gasteiger charge is 1.95. The Bertz CT molecular complexity index is 384. The van der Waals surface area contributed by atoms with Gasteiger partial charge < -0.3 is 0 Å². The van der Waals surface area contributed by atoms with Gasteiger partial charge in [-0.2, -0.15) is 0 Å². The molecule has 0 spiro atoms. The lowest BCUT2D eigenvalue weighted by molar-refractivity contribution is 1.14. The highest BCUT2D eigenvalue weighted by molar-refractivity contribution is 5.62. The van der Waals surface area contributed by atoms with Gasteiger partial charge in [-0.1, -0.05) is 55.5 Å². The molecular formula is C14H13. The molecule has 0 nitrogen and oxygen atoms in total. The zero-order valence-corrected chi connectivity index (χ0v) is 8.33. The van der Waals surface area contributed by atoms with Gasteiger partial charge >= 0.3 is 0 Å². The zero-order valence-electron chi connectivity index (χ0n) is 8.33. The van der Waals surface area contributed by atoms with Crippen LogP contribution >= 0.6 is 0 Å². The maximum absolute atomic E-state index is 3.30. The summed E-state index contributed by atoms with van der Waals surface area (Å²) in [7, 11) is 0. The minimum absolute atomic E-state index is 1.07. The number of hydrogen-bond acceptors (Lipinski definition) is 0. The fraction of sp³-hybridized carbons (Fsp3) is 0.143. The largest absolute Gasteiger partial charge is 0.0622 e. The molecule has 0 heterocycles. The molecule has 0 heteroatoms. The minimum Gasteiger partial charge on any atom is -0.0622 e. The van der Waals surface area contributed by atoms with Crippen molar-refractivity contribution in [3.05, 3.63) is 60.2 Å². The first-order chi connectivity index (χ1) is 6.90. The summed E-state index contributed by atoms with van der Waals surface area (Å²) in [4.78, 5) is 0. The van der Waals surface area contributed by atoms with Crippen LogP contribution in [0.15, 0.2) is 48.5 Å². The van der Waals surface area contributed by atoms with Crippen molar-refractivity contribution in [1.29, 1.82) is 0 Å². The Morgan fingerprint density at radius 3 is 2.36 bits per heavy atom. The van der Waals surface area contributed by atoms with Crippen LogP contribution in [0.4, 0.5) is 0 Å². The van der Waals surface area contributed by atoms with E-state index in [0.717, 1.165) is 6.42 Å². The van der Waals surface area contributed by atoms with E-state index in [4.69, 9.17) is 0 Å². The van der Waals surface area contributed by atoms with E-state index in [-0.39, 0.29) is 0 Å². The van der Waals surface area contributed by atoms with E-state index in [1.165, 1.54) is 16.7 Å². The normalized spacial score (nSPS) is 10.1. The van der Waals surface area contributed by atoms with Gasteiger partial charge in [0.15, 0.2) is 0 Å². The molecule has 2 rings (SSSR count). The second kappa shape index (κ2) is 4.10. The number of benzene rings is 2. The predicted molar refractivity (Wildman–Crippen MR) is 60.1 cm³/mol. The van der Waals surface area contributed by atoms with Crippen LogP contribution in [-0.2, 0) is 6.42 Å². The lowest BCUT2D eigenvalue weighted by Gasteiger charge is -2.01. The van der Waals surface area contributed by atoms with Crippen molar-refractivity contribution >= 4 is 0 Å². The summed E-state index contributed by atoms with van der Waals surface area (Å²) in [6.07, 6.45) is 1.07. The first-order valence-electron chi connectivity index (χ1n) is 4.96. The monoisotopic (exact) mass is 181 g/mol. The second-order valence-electron chi connectivity index (χ2n) is 3.33. The first-order valence-corrected chi connectivity index (χ1v) is 4.96. The highest BCUT2D eigenvalue weighted by atomic mass is 14.0. The molecule has 0 bridgehead atoms. The van der Waals surface area contributed by atoms with E-state index in [9.17, 15) is 0 Å². The molecule has 0 aliphatic heterocycles. The molecule has 1 radical (unpaired) electrons. The molecule has 0 N–H and O–H groups in total. The van der Waals surface area contributed by atoms with Crippen molar-refractivity contribution in [2.24, 2.45) is 0 Å². The van der Waals surface area contributed by atoms with Gasteiger partial charge in [0.05, 0.1) is 0 Å². The molecule has 0 saturated carbocycles. The van der Waals surface area contributed by atoms with Gasteiger partial charge in [0.25, 0.3) is 0 Å². The van der Waals surface area contributed by atoms with Crippen LogP contribution in [-0.4, -0.2) is 0 Å². The van der Waals surface area contributed by atoms with Crippen LogP contribution in [0.3, 0.4) is 0 Å². The van der Waals surface area contributed by atoms with Crippen LogP contribution in [0, 0.1) is 6.07 Å². The van der Waals surface area contributed by atoms with Gasteiger partial charge in [-0.25, -0.2) is 0 Å². The summed E-state index contributed by atoms with van der Waals surface area (Å²) in [6, 6.07) is 20.0. The van der Waals surface area contributed by atoms with E-state index >= 15 is 0 Å². The Morgan fingerprint density at radius 2 is 1.79 bits per heavy atom. The Balaban J connectivity index is 2.34. The molecule has 0 fully saturated rings. The minimum atomic E-state index is 1.07. The topological polar surface area (TPSA) is 0 Å². The summed E-state index contributed by atoms with van der Waals surface area (Å²) in [6.45, 7) is 2.16. The average molecular weight is 181 g/mol. The molecule has 0 aliphatic carbocycles. The molecule has 14 heavy (non-hydrogen) atoms. The van der Waals surface area contributed by atoms with Crippen molar-refractivity contribution in [3.63, 3.8) is 0 Å².